The molecular formula is C22H18ClF4N5O4. The third-order valence-electron chi connectivity index (χ3n) is 4.97. The lowest BCUT2D eigenvalue weighted by atomic mass is 10.0. The first-order valence-corrected chi connectivity index (χ1v) is 10.6. The van der Waals surface area contributed by atoms with E-state index in [1.54, 1.807) is 0 Å². The smallest absolute Gasteiger partial charge is 0.390 e. The fourth-order valence-electron chi connectivity index (χ4n) is 3.72. The number of halogens is 5. The summed E-state index contributed by atoms with van der Waals surface area (Å²) in [6.45, 7) is 2.36. The highest BCUT2D eigenvalue weighted by Crippen LogP contribution is 2.46. The highest BCUT2D eigenvalue weighted by molar-refractivity contribution is 6.33. The minimum absolute atomic E-state index is 0.0891. The van der Waals surface area contributed by atoms with E-state index in [2.05, 4.69) is 20.2 Å². The van der Waals surface area contributed by atoms with Crippen LogP contribution in [0.4, 0.5) is 17.6 Å². The Kier molecular flexibility index (Phi) is 6.37. The van der Waals surface area contributed by atoms with Gasteiger partial charge in [-0.3, -0.25) is 0 Å². The molecule has 3 heterocycles. The van der Waals surface area contributed by atoms with Crippen molar-refractivity contribution in [3.8, 4) is 34.0 Å². The van der Waals surface area contributed by atoms with Gasteiger partial charge in [-0.2, -0.15) is 18.3 Å². The third kappa shape index (κ3) is 4.82. The van der Waals surface area contributed by atoms with Gasteiger partial charge in [-0.15, -0.1) is 0 Å². The molecule has 3 aromatic heterocycles. The zero-order valence-corrected chi connectivity index (χ0v) is 19.4. The maximum atomic E-state index is 14.7. The Bertz CT molecular complexity index is 1380. The number of aromatic nitrogens is 5. The van der Waals surface area contributed by atoms with Gasteiger partial charge in [0.25, 0.3) is 5.91 Å². The predicted molar refractivity (Wildman–Crippen MR) is 117 cm³/mol. The van der Waals surface area contributed by atoms with Crippen LogP contribution in [0.15, 0.2) is 47.4 Å². The van der Waals surface area contributed by atoms with Gasteiger partial charge in [0, 0.05) is 12.4 Å². The Morgan fingerprint density at radius 2 is 1.69 bits per heavy atom. The van der Waals surface area contributed by atoms with Crippen LogP contribution in [-0.4, -0.2) is 45.8 Å². The number of benzene rings is 1. The quantitative estimate of drug-likeness (QED) is 0.251. The predicted octanol–water partition coefficient (Wildman–Crippen LogP) is 4.23. The number of alkyl halides is 3. The van der Waals surface area contributed by atoms with Crippen LogP contribution in [0.2, 0.25) is 5.02 Å². The molecule has 0 fully saturated rings. The van der Waals surface area contributed by atoms with E-state index in [0.29, 0.717) is 6.20 Å². The normalized spacial score (nSPS) is 12.8. The average molecular weight is 528 g/mol. The van der Waals surface area contributed by atoms with Crippen LogP contribution in [0.25, 0.3) is 34.0 Å². The first-order chi connectivity index (χ1) is 16.7. The van der Waals surface area contributed by atoms with Crippen molar-refractivity contribution in [2.75, 3.05) is 0 Å². The summed E-state index contributed by atoms with van der Waals surface area (Å²) in [5.41, 5.74) is -4.95. The van der Waals surface area contributed by atoms with Crippen molar-refractivity contribution in [2.24, 2.45) is 0 Å². The van der Waals surface area contributed by atoms with Gasteiger partial charge in [-0.25, -0.2) is 19.0 Å². The molecule has 0 bridgehead atoms. The molecule has 0 radical (unpaired) electrons. The van der Waals surface area contributed by atoms with Gasteiger partial charge in [0.15, 0.2) is 17.3 Å². The summed E-state index contributed by atoms with van der Waals surface area (Å²) in [6.07, 6.45) is -2.84. The number of hydrogen-bond donors (Lipinski definition) is 3. The van der Waals surface area contributed by atoms with Gasteiger partial charge >= 0.3 is 6.18 Å². The van der Waals surface area contributed by atoms with E-state index in [0.717, 1.165) is 6.07 Å². The number of nitrogens with zero attached hydrogens (tertiary/aromatic N) is 5. The zero-order valence-electron chi connectivity index (χ0n) is 18.6. The van der Waals surface area contributed by atoms with E-state index in [4.69, 9.17) is 16.1 Å². The Labute approximate surface area is 205 Å². The molecule has 0 saturated heterocycles. The topological polar surface area (TPSA) is 130 Å². The van der Waals surface area contributed by atoms with Gasteiger partial charge in [-0.05, 0) is 32.0 Å². The molecule has 190 valence electrons. The molecule has 0 aliphatic heterocycles. The minimum atomic E-state index is -5.19. The molecule has 36 heavy (non-hydrogen) atoms. The summed E-state index contributed by atoms with van der Waals surface area (Å²) in [5, 5.41) is 38.0. The second kappa shape index (κ2) is 8.92. The molecular weight excluding hydrogens is 510 g/mol. The lowest BCUT2D eigenvalue weighted by Crippen LogP contribution is -2.43. The lowest BCUT2D eigenvalue weighted by molar-refractivity contribution is -0.270. The monoisotopic (exact) mass is 527 g/mol. The van der Waals surface area contributed by atoms with Crippen LogP contribution >= 0.6 is 11.6 Å². The standard InChI is InChI=1S/C22H18ClF4N5O4/c1-20(2,33)10-21(34,35)32-18(22(25,26)27)11(9-30-32)17-15(19-28-7-4-8-29-19)16(31-36-17)14-12(23)5-3-6-13(14)24/h3-9,33-35H,10H2,1-2H3. The summed E-state index contributed by atoms with van der Waals surface area (Å²) in [7, 11) is 0. The first kappa shape index (κ1) is 25.7. The summed E-state index contributed by atoms with van der Waals surface area (Å²) in [5.74, 6) is -4.82. The van der Waals surface area contributed by atoms with Crippen molar-refractivity contribution in [3.63, 3.8) is 0 Å². The summed E-state index contributed by atoms with van der Waals surface area (Å²) in [4.78, 5) is 8.06. The molecule has 4 rings (SSSR count). The maximum Gasteiger partial charge on any atom is 0.433 e. The van der Waals surface area contributed by atoms with Crippen molar-refractivity contribution in [1.82, 2.24) is 24.9 Å². The lowest BCUT2D eigenvalue weighted by Gasteiger charge is -2.30. The van der Waals surface area contributed by atoms with Crippen molar-refractivity contribution < 1.29 is 37.4 Å². The van der Waals surface area contributed by atoms with E-state index < -0.39 is 46.9 Å². The Hall–Kier alpha value is -3.39. The molecule has 4 aromatic rings. The first-order valence-electron chi connectivity index (χ1n) is 10.3. The number of rotatable bonds is 6. The third-order valence-corrected chi connectivity index (χ3v) is 5.29. The van der Waals surface area contributed by atoms with Gasteiger partial charge in [0.05, 0.1) is 39.9 Å². The SMILES string of the molecule is CC(C)(O)CC(O)(O)n1ncc(-c2onc(-c3c(F)cccc3Cl)c2-c2ncccn2)c1C(F)(F)F. The van der Waals surface area contributed by atoms with Crippen LogP contribution in [0.3, 0.4) is 0 Å². The molecule has 14 heteroatoms. The molecule has 9 nitrogen and oxygen atoms in total. The van der Waals surface area contributed by atoms with Crippen LogP contribution < -0.4 is 0 Å². The molecule has 0 unspecified atom stereocenters. The van der Waals surface area contributed by atoms with Gasteiger partial charge in [0.1, 0.15) is 11.5 Å². The van der Waals surface area contributed by atoms with Crippen LogP contribution in [0.1, 0.15) is 26.0 Å². The summed E-state index contributed by atoms with van der Waals surface area (Å²) < 4.78 is 62.7. The highest BCUT2D eigenvalue weighted by Gasteiger charge is 2.47. The molecule has 0 aliphatic rings. The van der Waals surface area contributed by atoms with E-state index in [1.807, 2.05) is 0 Å². The molecule has 0 aliphatic carbocycles. The average Bonchev–Trinajstić information content (AvgIpc) is 3.37. The molecule has 0 spiro atoms. The second-order valence-electron chi connectivity index (χ2n) is 8.48. The van der Waals surface area contributed by atoms with Crippen molar-refractivity contribution in [1.29, 1.82) is 0 Å². The van der Waals surface area contributed by atoms with Gasteiger partial charge < -0.3 is 19.8 Å². The largest absolute Gasteiger partial charge is 0.433 e. The Morgan fingerprint density at radius 1 is 1.03 bits per heavy atom. The minimum Gasteiger partial charge on any atom is -0.390 e. The Balaban J connectivity index is 2.02. The van der Waals surface area contributed by atoms with Crippen molar-refractivity contribution in [3.05, 3.63) is 59.4 Å². The fourth-order valence-corrected chi connectivity index (χ4v) is 3.97. The summed E-state index contributed by atoms with van der Waals surface area (Å²) in [6, 6.07) is 5.21. The van der Waals surface area contributed by atoms with Gasteiger partial charge in [-0.1, -0.05) is 22.8 Å². The molecule has 0 atom stereocenters. The number of aliphatic hydroxyl groups is 3. The second-order valence-corrected chi connectivity index (χ2v) is 8.89. The van der Waals surface area contributed by atoms with E-state index in [-0.39, 0.29) is 32.3 Å². The number of hydrogen-bond acceptors (Lipinski definition) is 8. The van der Waals surface area contributed by atoms with E-state index >= 15 is 0 Å². The summed E-state index contributed by atoms with van der Waals surface area (Å²) >= 11 is 6.16. The van der Waals surface area contributed by atoms with Crippen molar-refractivity contribution in [2.45, 2.75) is 38.0 Å². The molecule has 1 aromatic carbocycles. The van der Waals surface area contributed by atoms with E-state index in [1.165, 1.54) is 44.4 Å². The van der Waals surface area contributed by atoms with E-state index in [9.17, 15) is 32.9 Å². The van der Waals surface area contributed by atoms with Crippen LogP contribution in [-0.2, 0) is 12.1 Å². The van der Waals surface area contributed by atoms with Gasteiger partial charge in [0.2, 0.25) is 0 Å². The highest BCUT2D eigenvalue weighted by atomic mass is 35.5. The fraction of sp³-hybridized carbons (Fsp3) is 0.273. The maximum absolute atomic E-state index is 14.7. The van der Waals surface area contributed by atoms with Crippen LogP contribution in [0, 0.1) is 5.82 Å². The molecule has 0 amide bonds. The zero-order chi connectivity index (χ0) is 26.5. The molecule has 0 saturated carbocycles. The van der Waals surface area contributed by atoms with Crippen molar-refractivity contribution >= 4 is 11.6 Å². The van der Waals surface area contributed by atoms with Crippen LogP contribution in [0.5, 0.6) is 0 Å². The molecule has 3 N–H and O–H groups in total. The Morgan fingerprint density at radius 3 is 2.28 bits per heavy atom.